The van der Waals surface area contributed by atoms with E-state index in [0.29, 0.717) is 16.7 Å². The first-order valence-corrected chi connectivity index (χ1v) is 12.2. The smallest absolute Gasteiger partial charge is 0.315 e. The highest BCUT2D eigenvalue weighted by Gasteiger charge is 2.42. The van der Waals surface area contributed by atoms with Crippen LogP contribution in [0.2, 0.25) is 0 Å². The number of carbonyl (C=O) groups is 2. The van der Waals surface area contributed by atoms with Crippen molar-refractivity contribution in [3.63, 3.8) is 0 Å². The highest BCUT2D eigenvalue weighted by Crippen LogP contribution is 2.33. The number of fused-ring (bicyclic) bond motifs is 1. The number of amides is 2. The largest absolute Gasteiger partial charge is 0.497 e. The summed E-state index contributed by atoms with van der Waals surface area (Å²) in [6.07, 6.45) is 2.96. The molecule has 4 unspecified atom stereocenters. The minimum Gasteiger partial charge on any atom is -0.497 e. The Bertz CT molecular complexity index is 985. The third-order valence-electron chi connectivity index (χ3n) is 5.71. The summed E-state index contributed by atoms with van der Waals surface area (Å²) in [5.41, 5.74) is 1.68. The summed E-state index contributed by atoms with van der Waals surface area (Å²) in [4.78, 5) is 28.7. The van der Waals surface area contributed by atoms with Crippen molar-refractivity contribution in [2.45, 2.75) is 48.9 Å². The fraction of sp³-hybridized carbons (Fsp3) is 0.455. The number of hydrogen-bond donors (Lipinski definition) is 2. The zero-order valence-electron chi connectivity index (χ0n) is 17.2. The Morgan fingerprint density at radius 2 is 2.13 bits per heavy atom. The quantitative estimate of drug-likeness (QED) is 0.440. The van der Waals surface area contributed by atoms with Crippen molar-refractivity contribution in [1.82, 2.24) is 15.6 Å². The summed E-state index contributed by atoms with van der Waals surface area (Å²) >= 11 is 3.22. The maximum atomic E-state index is 12.7. The molecular weight excluding hydrogens is 432 g/mol. The van der Waals surface area contributed by atoms with E-state index in [9.17, 15) is 14.9 Å². The minimum atomic E-state index is -0.819. The molecule has 2 saturated heterocycles. The second kappa shape index (κ2) is 9.71. The van der Waals surface area contributed by atoms with Crippen LogP contribution in [-0.2, 0) is 4.79 Å². The first kappa shape index (κ1) is 21.7. The number of aromatic nitrogens is 1. The minimum absolute atomic E-state index is 0.0779. The lowest BCUT2D eigenvalue weighted by Gasteiger charge is -2.16. The van der Waals surface area contributed by atoms with Gasteiger partial charge in [-0.3, -0.25) is 4.79 Å². The van der Waals surface area contributed by atoms with Crippen LogP contribution in [0.4, 0.5) is 4.79 Å². The van der Waals surface area contributed by atoms with Crippen LogP contribution in [0, 0.1) is 11.3 Å². The first-order valence-electron chi connectivity index (χ1n) is 10.3. The summed E-state index contributed by atoms with van der Waals surface area (Å²) < 4.78 is 5.17. The predicted molar refractivity (Wildman–Crippen MR) is 121 cm³/mol. The van der Waals surface area contributed by atoms with Crippen LogP contribution in [-0.4, -0.2) is 47.0 Å². The molecule has 162 valence electrons. The maximum absolute atomic E-state index is 12.7. The van der Waals surface area contributed by atoms with Crippen LogP contribution in [0.1, 0.15) is 36.6 Å². The third-order valence-corrected chi connectivity index (χ3v) is 8.12. The second-order valence-electron chi connectivity index (χ2n) is 7.70. The second-order valence-corrected chi connectivity index (χ2v) is 9.86. The van der Waals surface area contributed by atoms with Gasteiger partial charge in [-0.25, -0.2) is 9.78 Å². The van der Waals surface area contributed by atoms with E-state index in [1.165, 1.54) is 11.3 Å². The number of thiazole rings is 1. The van der Waals surface area contributed by atoms with Crippen LogP contribution in [0.5, 0.6) is 5.75 Å². The van der Waals surface area contributed by atoms with Gasteiger partial charge < -0.3 is 15.4 Å². The van der Waals surface area contributed by atoms with E-state index < -0.39 is 5.92 Å². The highest BCUT2D eigenvalue weighted by atomic mass is 32.2. The van der Waals surface area contributed by atoms with Gasteiger partial charge in [-0.2, -0.15) is 17.0 Å². The first-order chi connectivity index (χ1) is 15.1. The Kier molecular flexibility index (Phi) is 6.78. The molecule has 0 saturated carbocycles. The monoisotopic (exact) mass is 456 g/mol. The van der Waals surface area contributed by atoms with Gasteiger partial charge in [0.25, 0.3) is 0 Å². The molecule has 2 N–H and O–H groups in total. The number of thioether (sulfide) groups is 1. The number of hydrogen-bond acceptors (Lipinski definition) is 7. The third kappa shape index (κ3) is 4.86. The molecule has 0 aliphatic carbocycles. The SMILES string of the molecule is COc1ccc(-c2csc(C(C#N)C(=O)CCCCC3SCC4NC(=O)NC43)n2)cc1. The van der Waals surface area contributed by atoms with Gasteiger partial charge in [0.15, 0.2) is 11.7 Å². The molecule has 1 aromatic heterocycles. The number of nitriles is 1. The number of nitrogens with zero attached hydrogens (tertiary/aromatic N) is 2. The number of Topliss-reactive ketones (excluding diaryl/α,β-unsaturated/α-hetero) is 1. The molecule has 2 fully saturated rings. The Morgan fingerprint density at radius 1 is 1.32 bits per heavy atom. The van der Waals surface area contributed by atoms with Gasteiger partial charge in [-0.15, -0.1) is 11.3 Å². The molecule has 0 bridgehead atoms. The van der Waals surface area contributed by atoms with Gasteiger partial charge in [-0.1, -0.05) is 6.42 Å². The molecule has 4 atom stereocenters. The standard InChI is InChI=1S/C22H24N4O3S2/c1-29-14-8-6-13(7-9-14)16-11-31-21(24-16)15(10-23)18(27)4-2-3-5-19-20-17(12-30-19)25-22(28)26-20/h6-9,11,15,17,19-20H,2-5,12H2,1H3,(H2,25,26,28). The van der Waals surface area contributed by atoms with Crippen LogP contribution in [0.3, 0.4) is 0 Å². The Labute approximate surface area is 189 Å². The summed E-state index contributed by atoms with van der Waals surface area (Å²) in [6.45, 7) is 0. The lowest BCUT2D eigenvalue weighted by Crippen LogP contribution is -2.36. The van der Waals surface area contributed by atoms with Crippen LogP contribution < -0.4 is 15.4 Å². The summed E-state index contributed by atoms with van der Waals surface area (Å²) in [6, 6.07) is 10.0. The Morgan fingerprint density at radius 3 is 2.87 bits per heavy atom. The molecule has 9 heteroatoms. The van der Waals surface area contributed by atoms with Crippen LogP contribution in [0.15, 0.2) is 29.6 Å². The zero-order valence-corrected chi connectivity index (χ0v) is 18.8. The molecule has 3 heterocycles. The number of urea groups is 1. The molecule has 1 aromatic carbocycles. The van der Waals surface area contributed by atoms with Gasteiger partial charge in [0.2, 0.25) is 0 Å². The lowest BCUT2D eigenvalue weighted by molar-refractivity contribution is -0.119. The molecule has 2 aliphatic heterocycles. The van der Waals surface area contributed by atoms with Crippen molar-refractivity contribution in [3.8, 4) is 23.1 Å². The van der Waals surface area contributed by atoms with Crippen molar-refractivity contribution >= 4 is 34.9 Å². The van der Waals surface area contributed by atoms with Crippen LogP contribution >= 0.6 is 23.1 Å². The molecular formula is C22H24N4O3S2. The number of methoxy groups -OCH3 is 1. The number of unbranched alkanes of at least 4 members (excludes halogenated alkanes) is 1. The fourth-order valence-electron chi connectivity index (χ4n) is 4.01. The van der Waals surface area contributed by atoms with Crippen molar-refractivity contribution in [2.24, 2.45) is 0 Å². The van der Waals surface area contributed by atoms with Gasteiger partial charge in [0.05, 0.1) is 31.0 Å². The van der Waals surface area contributed by atoms with E-state index in [1.54, 1.807) is 7.11 Å². The maximum Gasteiger partial charge on any atom is 0.315 e. The Balaban J connectivity index is 1.28. The fourth-order valence-corrected chi connectivity index (χ4v) is 6.45. The summed E-state index contributed by atoms with van der Waals surface area (Å²) in [5.74, 6) is 0.804. The number of benzene rings is 1. The topological polar surface area (TPSA) is 104 Å². The van der Waals surface area contributed by atoms with Crippen molar-refractivity contribution in [2.75, 3.05) is 12.9 Å². The van der Waals surface area contributed by atoms with E-state index in [1.807, 2.05) is 41.4 Å². The molecule has 2 aliphatic rings. The van der Waals surface area contributed by atoms with Gasteiger partial charge in [-0.05, 0) is 37.1 Å². The summed E-state index contributed by atoms with van der Waals surface area (Å²) in [7, 11) is 1.62. The number of rotatable bonds is 9. The highest BCUT2D eigenvalue weighted by molar-refractivity contribution is 8.00. The van der Waals surface area contributed by atoms with Crippen LogP contribution in [0.25, 0.3) is 11.3 Å². The number of ether oxygens (including phenoxy) is 1. The molecule has 31 heavy (non-hydrogen) atoms. The van der Waals surface area contributed by atoms with E-state index in [0.717, 1.165) is 42.0 Å². The van der Waals surface area contributed by atoms with Gasteiger partial charge in [0, 0.05) is 28.4 Å². The van der Waals surface area contributed by atoms with E-state index in [2.05, 4.69) is 21.7 Å². The Hall–Kier alpha value is -2.57. The number of carbonyl (C=O) groups excluding carboxylic acids is 2. The molecule has 4 rings (SSSR count). The lowest BCUT2D eigenvalue weighted by atomic mass is 9.98. The average Bonchev–Trinajstić information content (AvgIpc) is 3.49. The normalized spacial score (nSPS) is 22.8. The zero-order chi connectivity index (χ0) is 21.8. The van der Waals surface area contributed by atoms with Crippen molar-refractivity contribution in [1.29, 1.82) is 5.26 Å². The van der Waals surface area contributed by atoms with Gasteiger partial charge in [0.1, 0.15) is 10.8 Å². The van der Waals surface area contributed by atoms with E-state index in [-0.39, 0.29) is 23.9 Å². The molecule has 7 nitrogen and oxygen atoms in total. The van der Waals surface area contributed by atoms with E-state index >= 15 is 0 Å². The number of nitrogens with one attached hydrogen (secondary N) is 2. The molecule has 0 spiro atoms. The van der Waals surface area contributed by atoms with E-state index in [4.69, 9.17) is 4.74 Å². The van der Waals surface area contributed by atoms with Crippen molar-refractivity contribution < 1.29 is 14.3 Å². The van der Waals surface area contributed by atoms with Crippen molar-refractivity contribution in [3.05, 3.63) is 34.7 Å². The molecule has 2 aromatic rings. The molecule has 2 amide bonds. The van der Waals surface area contributed by atoms with Gasteiger partial charge >= 0.3 is 6.03 Å². The average molecular weight is 457 g/mol. The number of ketones is 1. The summed E-state index contributed by atoms with van der Waals surface area (Å²) in [5, 5.41) is 18.3. The molecule has 0 radical (unpaired) electrons. The predicted octanol–water partition coefficient (Wildman–Crippen LogP) is 3.72.